The van der Waals surface area contributed by atoms with Gasteiger partial charge < -0.3 is 10.2 Å². The number of rotatable bonds is 6. The molecule has 1 aromatic heterocycles. The van der Waals surface area contributed by atoms with Gasteiger partial charge in [-0.15, -0.1) is 0 Å². The molecular formula is C11H16F3N5O2. The molecular weight excluding hydrogens is 291 g/mol. The van der Waals surface area contributed by atoms with E-state index in [2.05, 4.69) is 15.3 Å². The Hall–Kier alpha value is -2.13. The second-order valence-electron chi connectivity index (χ2n) is 4.35. The number of hydrogen-bond acceptors (Lipinski definition) is 6. The van der Waals surface area contributed by atoms with Crippen molar-refractivity contribution in [3.8, 4) is 0 Å². The van der Waals surface area contributed by atoms with E-state index in [9.17, 15) is 23.3 Å². The largest absolute Gasteiger partial charge is 0.405 e. The number of aryl methyl sites for hydroxylation is 1. The van der Waals surface area contributed by atoms with Crippen LogP contribution in [-0.2, 0) is 0 Å². The summed E-state index contributed by atoms with van der Waals surface area (Å²) in [6.07, 6.45) is -4.09. The molecule has 1 heterocycles. The molecule has 10 heteroatoms. The molecule has 1 N–H and O–H groups in total. The SMILES string of the molecule is CCCN(CC(F)(F)F)c1nc(NC)nc(C)c1[N+](=O)[O-]. The third kappa shape index (κ3) is 4.43. The summed E-state index contributed by atoms with van der Waals surface area (Å²) in [6.45, 7) is 1.74. The highest BCUT2D eigenvalue weighted by molar-refractivity contribution is 5.62. The van der Waals surface area contributed by atoms with Crippen LogP contribution in [0, 0.1) is 17.0 Å². The molecule has 1 aromatic rings. The van der Waals surface area contributed by atoms with Crippen LogP contribution < -0.4 is 10.2 Å². The average Bonchev–Trinajstić information content (AvgIpc) is 2.35. The van der Waals surface area contributed by atoms with Crippen molar-refractivity contribution in [3.05, 3.63) is 15.8 Å². The molecule has 7 nitrogen and oxygen atoms in total. The predicted octanol–water partition coefficient (Wildman–Crippen LogP) is 2.51. The first-order valence-corrected chi connectivity index (χ1v) is 6.22. The normalized spacial score (nSPS) is 11.3. The van der Waals surface area contributed by atoms with E-state index in [0.29, 0.717) is 6.42 Å². The molecule has 0 saturated heterocycles. The van der Waals surface area contributed by atoms with Crippen LogP contribution in [-0.4, -0.2) is 41.2 Å². The van der Waals surface area contributed by atoms with E-state index < -0.39 is 23.3 Å². The fraction of sp³-hybridized carbons (Fsp3) is 0.636. The van der Waals surface area contributed by atoms with Crippen molar-refractivity contribution in [2.24, 2.45) is 0 Å². The number of nitrogens with zero attached hydrogens (tertiary/aromatic N) is 4. The second-order valence-corrected chi connectivity index (χ2v) is 4.35. The van der Waals surface area contributed by atoms with E-state index in [1.165, 1.54) is 14.0 Å². The highest BCUT2D eigenvalue weighted by atomic mass is 19.4. The summed E-state index contributed by atoms with van der Waals surface area (Å²) in [7, 11) is 1.48. The van der Waals surface area contributed by atoms with E-state index >= 15 is 0 Å². The molecule has 0 saturated carbocycles. The average molecular weight is 307 g/mol. The number of anilines is 2. The Labute approximate surface area is 119 Å². The van der Waals surface area contributed by atoms with Crippen molar-refractivity contribution in [2.75, 3.05) is 30.4 Å². The molecule has 0 unspecified atom stereocenters. The Balaban J connectivity index is 3.39. The van der Waals surface area contributed by atoms with Crippen LogP contribution in [0.15, 0.2) is 0 Å². The van der Waals surface area contributed by atoms with Gasteiger partial charge in [-0.1, -0.05) is 6.92 Å². The summed E-state index contributed by atoms with van der Waals surface area (Å²) in [5.74, 6) is -0.285. The van der Waals surface area contributed by atoms with Gasteiger partial charge >= 0.3 is 11.9 Å². The Kier molecular flexibility index (Phi) is 5.28. The van der Waals surface area contributed by atoms with Crippen molar-refractivity contribution in [1.29, 1.82) is 0 Å². The molecule has 0 aliphatic rings. The molecule has 0 spiro atoms. The van der Waals surface area contributed by atoms with Gasteiger partial charge in [-0.25, -0.2) is 4.98 Å². The van der Waals surface area contributed by atoms with Crippen LogP contribution in [0.3, 0.4) is 0 Å². The second kappa shape index (κ2) is 6.55. The van der Waals surface area contributed by atoms with Gasteiger partial charge in [-0.05, 0) is 13.3 Å². The Bertz CT molecular complexity index is 521. The Morgan fingerprint density at radius 1 is 1.38 bits per heavy atom. The first-order valence-electron chi connectivity index (χ1n) is 6.22. The lowest BCUT2D eigenvalue weighted by Crippen LogP contribution is -2.36. The molecule has 0 fully saturated rings. The van der Waals surface area contributed by atoms with Gasteiger partial charge in [0.2, 0.25) is 11.8 Å². The van der Waals surface area contributed by atoms with Gasteiger partial charge in [-0.2, -0.15) is 18.2 Å². The van der Waals surface area contributed by atoms with Crippen LogP contribution in [0.1, 0.15) is 19.0 Å². The number of nitro groups is 1. The zero-order chi connectivity index (χ0) is 16.2. The fourth-order valence-electron chi connectivity index (χ4n) is 1.84. The van der Waals surface area contributed by atoms with E-state index in [0.717, 1.165) is 4.90 Å². The minimum atomic E-state index is -4.48. The van der Waals surface area contributed by atoms with Crippen LogP contribution in [0.25, 0.3) is 0 Å². The van der Waals surface area contributed by atoms with Crippen LogP contribution in [0.4, 0.5) is 30.6 Å². The monoisotopic (exact) mass is 307 g/mol. The molecule has 0 atom stereocenters. The van der Waals surface area contributed by atoms with Crippen LogP contribution in [0.5, 0.6) is 0 Å². The molecule has 21 heavy (non-hydrogen) atoms. The first-order chi connectivity index (χ1) is 9.69. The van der Waals surface area contributed by atoms with Gasteiger partial charge in [-0.3, -0.25) is 10.1 Å². The third-order valence-corrected chi connectivity index (χ3v) is 2.61. The molecule has 0 aromatic carbocycles. The van der Waals surface area contributed by atoms with E-state index in [4.69, 9.17) is 0 Å². The summed E-state index contributed by atoms with van der Waals surface area (Å²) < 4.78 is 38.0. The lowest BCUT2D eigenvalue weighted by molar-refractivity contribution is -0.385. The topological polar surface area (TPSA) is 84.2 Å². The number of alkyl halides is 3. The summed E-state index contributed by atoms with van der Waals surface area (Å²) in [5, 5.41) is 13.7. The van der Waals surface area contributed by atoms with Crippen molar-refractivity contribution < 1.29 is 18.1 Å². The standard InChI is InChI=1S/C11H16F3N5O2/c1-4-5-18(6-11(12,13)14)9-8(19(20)21)7(2)16-10(15-3)17-9/h4-6H2,1-3H3,(H,15,16,17). The lowest BCUT2D eigenvalue weighted by Gasteiger charge is -2.24. The maximum atomic E-state index is 12.7. The van der Waals surface area contributed by atoms with Gasteiger partial charge in [0.15, 0.2) is 0 Å². The van der Waals surface area contributed by atoms with Crippen molar-refractivity contribution in [2.45, 2.75) is 26.4 Å². The molecule has 0 radical (unpaired) electrons. The Morgan fingerprint density at radius 2 is 2.00 bits per heavy atom. The summed E-state index contributed by atoms with van der Waals surface area (Å²) >= 11 is 0. The molecule has 1 rings (SSSR count). The molecule has 0 bridgehead atoms. The molecule has 0 aliphatic carbocycles. The van der Waals surface area contributed by atoms with Crippen LogP contribution in [0.2, 0.25) is 0 Å². The molecule has 0 aliphatic heterocycles. The zero-order valence-electron chi connectivity index (χ0n) is 11.9. The van der Waals surface area contributed by atoms with Crippen molar-refractivity contribution in [3.63, 3.8) is 0 Å². The van der Waals surface area contributed by atoms with Gasteiger partial charge in [0.05, 0.1) is 4.92 Å². The number of nitrogens with one attached hydrogen (secondary N) is 1. The third-order valence-electron chi connectivity index (χ3n) is 2.61. The maximum Gasteiger partial charge on any atom is 0.405 e. The number of aromatic nitrogens is 2. The van der Waals surface area contributed by atoms with Crippen molar-refractivity contribution in [1.82, 2.24) is 9.97 Å². The van der Waals surface area contributed by atoms with Gasteiger partial charge in [0.1, 0.15) is 12.2 Å². The van der Waals surface area contributed by atoms with Crippen LogP contribution >= 0.6 is 0 Å². The predicted molar refractivity (Wildman–Crippen MR) is 71.5 cm³/mol. The first kappa shape index (κ1) is 16.9. The molecule has 0 amide bonds. The van der Waals surface area contributed by atoms with E-state index in [1.807, 2.05) is 0 Å². The van der Waals surface area contributed by atoms with Crippen molar-refractivity contribution >= 4 is 17.5 Å². The highest BCUT2D eigenvalue weighted by Gasteiger charge is 2.35. The van der Waals surface area contributed by atoms with E-state index in [-0.39, 0.29) is 24.0 Å². The maximum absolute atomic E-state index is 12.7. The summed E-state index contributed by atoms with van der Waals surface area (Å²) in [6, 6.07) is 0. The quantitative estimate of drug-likeness (QED) is 0.642. The van der Waals surface area contributed by atoms with Gasteiger partial charge in [0.25, 0.3) is 0 Å². The lowest BCUT2D eigenvalue weighted by atomic mass is 10.3. The number of hydrogen-bond donors (Lipinski definition) is 1. The highest BCUT2D eigenvalue weighted by Crippen LogP contribution is 2.32. The molecule has 118 valence electrons. The smallest absolute Gasteiger partial charge is 0.357 e. The zero-order valence-corrected chi connectivity index (χ0v) is 11.9. The minimum Gasteiger partial charge on any atom is -0.357 e. The fourth-order valence-corrected chi connectivity index (χ4v) is 1.84. The minimum absolute atomic E-state index is 0.0000420. The summed E-state index contributed by atoms with van der Waals surface area (Å²) in [4.78, 5) is 18.9. The summed E-state index contributed by atoms with van der Waals surface area (Å²) in [5.41, 5.74) is -0.496. The van der Waals surface area contributed by atoms with Gasteiger partial charge in [0, 0.05) is 13.6 Å². The number of halogens is 3. The van der Waals surface area contributed by atoms with E-state index in [1.54, 1.807) is 6.92 Å². The Morgan fingerprint density at radius 3 is 2.43 bits per heavy atom.